The van der Waals surface area contributed by atoms with Gasteiger partial charge in [-0.1, -0.05) is 0 Å². The summed E-state index contributed by atoms with van der Waals surface area (Å²) in [6.07, 6.45) is 1.96. The Morgan fingerprint density at radius 2 is 1.95 bits per heavy atom. The number of thiophene rings is 1. The van der Waals surface area contributed by atoms with Crippen LogP contribution in [0.2, 0.25) is 0 Å². The van der Waals surface area contributed by atoms with Gasteiger partial charge in [-0.2, -0.15) is 0 Å². The number of carbonyl (C=O) groups is 2. The van der Waals surface area contributed by atoms with E-state index in [0.29, 0.717) is 13.1 Å². The van der Waals surface area contributed by atoms with Crippen LogP contribution in [0.3, 0.4) is 0 Å². The molecule has 1 aromatic rings. The maximum absolute atomic E-state index is 12.8. The number of hydrogen-bond acceptors (Lipinski definition) is 4. The molecule has 1 fully saturated rings. The van der Waals surface area contributed by atoms with Gasteiger partial charge in [-0.15, -0.1) is 23.1 Å². The average molecular weight is 324 g/mol. The second-order valence-corrected chi connectivity index (χ2v) is 7.70. The van der Waals surface area contributed by atoms with Gasteiger partial charge >= 0.3 is 0 Å². The van der Waals surface area contributed by atoms with Crippen molar-refractivity contribution in [2.75, 3.05) is 31.9 Å². The first-order chi connectivity index (χ1) is 10.2. The molecule has 114 valence electrons. The maximum Gasteiger partial charge on any atom is 0.240 e. The monoisotopic (exact) mass is 324 g/mol. The fourth-order valence-electron chi connectivity index (χ4n) is 2.97. The minimum absolute atomic E-state index is 0.0381. The molecule has 2 aliphatic rings. The first kappa shape index (κ1) is 14.9. The molecule has 1 atom stereocenters. The second kappa shape index (κ2) is 6.40. The van der Waals surface area contributed by atoms with E-state index in [1.165, 1.54) is 10.4 Å². The number of aryl methyl sites for hydroxylation is 1. The second-order valence-electron chi connectivity index (χ2n) is 5.48. The van der Waals surface area contributed by atoms with Crippen LogP contribution < -0.4 is 0 Å². The Morgan fingerprint density at radius 1 is 1.19 bits per heavy atom. The molecular weight excluding hydrogens is 304 g/mol. The van der Waals surface area contributed by atoms with E-state index in [4.69, 9.17) is 0 Å². The van der Waals surface area contributed by atoms with E-state index in [1.54, 1.807) is 30.0 Å². The van der Waals surface area contributed by atoms with Gasteiger partial charge in [0.1, 0.15) is 5.25 Å². The SMILES string of the molecule is CC(=O)N1CCCN(C(=O)[C@H]2SCCc3sccc32)CC1. The smallest absolute Gasteiger partial charge is 0.240 e. The van der Waals surface area contributed by atoms with E-state index in [0.717, 1.165) is 31.7 Å². The third kappa shape index (κ3) is 3.11. The average Bonchev–Trinajstić information content (AvgIpc) is 2.81. The molecule has 2 amide bonds. The molecule has 3 heterocycles. The van der Waals surface area contributed by atoms with Crippen molar-refractivity contribution < 1.29 is 9.59 Å². The molecule has 0 N–H and O–H groups in total. The Balaban J connectivity index is 1.70. The highest BCUT2D eigenvalue weighted by Gasteiger charge is 2.32. The lowest BCUT2D eigenvalue weighted by Gasteiger charge is -2.28. The summed E-state index contributed by atoms with van der Waals surface area (Å²) in [5.41, 5.74) is 1.22. The van der Waals surface area contributed by atoms with Crippen molar-refractivity contribution in [1.82, 2.24) is 9.80 Å². The highest BCUT2D eigenvalue weighted by Crippen LogP contribution is 2.40. The number of nitrogens with zero attached hydrogens (tertiary/aromatic N) is 2. The Morgan fingerprint density at radius 3 is 2.76 bits per heavy atom. The van der Waals surface area contributed by atoms with E-state index in [2.05, 4.69) is 11.4 Å². The highest BCUT2D eigenvalue weighted by atomic mass is 32.2. The van der Waals surface area contributed by atoms with Crippen LogP contribution in [0.25, 0.3) is 0 Å². The molecule has 0 bridgehead atoms. The lowest BCUT2D eigenvalue weighted by molar-refractivity contribution is -0.132. The minimum Gasteiger partial charge on any atom is -0.341 e. The Labute approximate surface area is 133 Å². The topological polar surface area (TPSA) is 40.6 Å². The van der Waals surface area contributed by atoms with E-state index in [-0.39, 0.29) is 17.1 Å². The molecule has 21 heavy (non-hydrogen) atoms. The fraction of sp³-hybridized carbons (Fsp3) is 0.600. The molecule has 0 spiro atoms. The number of rotatable bonds is 1. The summed E-state index contributed by atoms with van der Waals surface area (Å²) in [6.45, 7) is 4.45. The summed E-state index contributed by atoms with van der Waals surface area (Å²) < 4.78 is 0. The number of hydrogen-bond donors (Lipinski definition) is 0. The van der Waals surface area contributed by atoms with Crippen molar-refractivity contribution in [2.45, 2.75) is 25.0 Å². The van der Waals surface area contributed by atoms with Crippen LogP contribution >= 0.6 is 23.1 Å². The lowest BCUT2D eigenvalue weighted by Crippen LogP contribution is -2.39. The molecule has 1 aromatic heterocycles. The number of amides is 2. The van der Waals surface area contributed by atoms with Gasteiger partial charge in [0.2, 0.25) is 11.8 Å². The summed E-state index contributed by atoms with van der Waals surface area (Å²) in [5, 5.41) is 2.06. The molecule has 0 aromatic carbocycles. The van der Waals surface area contributed by atoms with Crippen molar-refractivity contribution in [3.8, 4) is 0 Å². The van der Waals surface area contributed by atoms with Crippen LogP contribution in [-0.2, 0) is 16.0 Å². The third-order valence-electron chi connectivity index (χ3n) is 4.15. The third-order valence-corrected chi connectivity index (χ3v) is 6.38. The highest BCUT2D eigenvalue weighted by molar-refractivity contribution is 8.00. The molecule has 1 saturated heterocycles. The van der Waals surface area contributed by atoms with Crippen molar-refractivity contribution >= 4 is 34.9 Å². The zero-order valence-electron chi connectivity index (χ0n) is 12.2. The Bertz CT molecular complexity index is 544. The van der Waals surface area contributed by atoms with Gasteiger partial charge in [0, 0.05) is 38.0 Å². The summed E-state index contributed by atoms with van der Waals surface area (Å²) in [7, 11) is 0. The molecule has 4 nitrogen and oxygen atoms in total. The van der Waals surface area contributed by atoms with Gasteiger partial charge in [0.25, 0.3) is 0 Å². The van der Waals surface area contributed by atoms with E-state index in [9.17, 15) is 9.59 Å². The molecule has 3 rings (SSSR count). The van der Waals surface area contributed by atoms with Crippen LogP contribution in [0.5, 0.6) is 0 Å². The molecule has 0 unspecified atom stereocenters. The molecule has 0 saturated carbocycles. The molecular formula is C15H20N2O2S2. The predicted octanol–water partition coefficient (Wildman–Crippen LogP) is 2.16. The summed E-state index contributed by atoms with van der Waals surface area (Å²) in [5.74, 6) is 1.36. The quantitative estimate of drug-likeness (QED) is 0.795. The lowest BCUT2D eigenvalue weighted by atomic mass is 10.1. The van der Waals surface area contributed by atoms with E-state index >= 15 is 0 Å². The Kier molecular flexibility index (Phi) is 4.54. The Hall–Kier alpha value is -1.01. The van der Waals surface area contributed by atoms with Crippen molar-refractivity contribution in [1.29, 1.82) is 0 Å². The zero-order chi connectivity index (χ0) is 14.8. The summed E-state index contributed by atoms with van der Waals surface area (Å²) >= 11 is 3.53. The van der Waals surface area contributed by atoms with Crippen LogP contribution in [0, 0.1) is 0 Å². The standard InChI is InChI=1S/C15H20N2O2S2/c1-11(18)16-5-2-6-17(8-7-16)15(19)14-12-3-9-20-13(12)4-10-21-14/h3,9,14H,2,4-8,10H2,1H3/t14-/m0/s1. The number of carbonyl (C=O) groups excluding carboxylic acids is 2. The van der Waals surface area contributed by atoms with Gasteiger partial charge in [-0.3, -0.25) is 9.59 Å². The number of thioether (sulfide) groups is 1. The van der Waals surface area contributed by atoms with Crippen LogP contribution in [0.4, 0.5) is 0 Å². The van der Waals surface area contributed by atoms with Gasteiger partial charge in [-0.25, -0.2) is 0 Å². The largest absolute Gasteiger partial charge is 0.341 e. The molecule has 2 aliphatic heterocycles. The predicted molar refractivity (Wildman–Crippen MR) is 86.7 cm³/mol. The van der Waals surface area contributed by atoms with E-state index in [1.807, 2.05) is 9.80 Å². The van der Waals surface area contributed by atoms with Gasteiger partial charge in [-0.05, 0) is 35.6 Å². The molecule has 0 radical (unpaired) electrons. The van der Waals surface area contributed by atoms with Gasteiger partial charge < -0.3 is 9.80 Å². The van der Waals surface area contributed by atoms with Gasteiger partial charge in [0.15, 0.2) is 0 Å². The minimum atomic E-state index is -0.0381. The first-order valence-electron chi connectivity index (χ1n) is 7.39. The van der Waals surface area contributed by atoms with Crippen molar-refractivity contribution in [3.05, 3.63) is 21.9 Å². The molecule has 0 aliphatic carbocycles. The van der Waals surface area contributed by atoms with Gasteiger partial charge in [0.05, 0.1) is 0 Å². The zero-order valence-corrected chi connectivity index (χ0v) is 13.8. The van der Waals surface area contributed by atoms with E-state index < -0.39 is 0 Å². The summed E-state index contributed by atoms with van der Waals surface area (Å²) in [6, 6.07) is 2.11. The van der Waals surface area contributed by atoms with Crippen LogP contribution in [-0.4, -0.2) is 53.5 Å². The molecule has 6 heteroatoms. The summed E-state index contributed by atoms with van der Waals surface area (Å²) in [4.78, 5) is 29.5. The maximum atomic E-state index is 12.8. The van der Waals surface area contributed by atoms with Crippen LogP contribution in [0.15, 0.2) is 11.4 Å². The fourth-order valence-corrected chi connectivity index (χ4v) is 5.34. The number of fused-ring (bicyclic) bond motifs is 1. The first-order valence-corrected chi connectivity index (χ1v) is 9.32. The van der Waals surface area contributed by atoms with Crippen molar-refractivity contribution in [2.24, 2.45) is 0 Å². The van der Waals surface area contributed by atoms with Crippen molar-refractivity contribution in [3.63, 3.8) is 0 Å². The van der Waals surface area contributed by atoms with Crippen LogP contribution in [0.1, 0.15) is 29.0 Å². The normalized spacial score (nSPS) is 22.6.